The van der Waals surface area contributed by atoms with Crippen molar-refractivity contribution in [2.45, 2.75) is 59.3 Å². The first kappa shape index (κ1) is 20.0. The fourth-order valence-electron chi connectivity index (χ4n) is 3.07. The molecule has 1 nitrogen and oxygen atoms in total. The molecule has 2 aromatic carbocycles. The monoisotopic (exact) mass is 347 g/mol. The molecular formula is C25H33N. The van der Waals surface area contributed by atoms with Gasteiger partial charge in [0.1, 0.15) is 0 Å². The summed E-state index contributed by atoms with van der Waals surface area (Å²) < 4.78 is 0. The van der Waals surface area contributed by atoms with Gasteiger partial charge in [-0.2, -0.15) is 0 Å². The molecule has 0 spiro atoms. The summed E-state index contributed by atoms with van der Waals surface area (Å²) in [6.45, 7) is 10.7. The molecule has 0 saturated heterocycles. The van der Waals surface area contributed by atoms with E-state index in [2.05, 4.69) is 92.8 Å². The highest BCUT2D eigenvalue weighted by Gasteiger charge is 2.13. The van der Waals surface area contributed by atoms with Gasteiger partial charge in [0.05, 0.1) is 0 Å². The molecule has 2 aromatic rings. The highest BCUT2D eigenvalue weighted by Crippen LogP contribution is 2.27. The van der Waals surface area contributed by atoms with Crippen LogP contribution in [0.2, 0.25) is 0 Å². The van der Waals surface area contributed by atoms with E-state index in [0.717, 1.165) is 12.8 Å². The first-order valence-corrected chi connectivity index (χ1v) is 9.85. The summed E-state index contributed by atoms with van der Waals surface area (Å²) in [6, 6.07) is 19.5. The molecule has 0 aromatic heterocycles. The van der Waals surface area contributed by atoms with Crippen molar-refractivity contribution in [3.8, 4) is 0 Å². The van der Waals surface area contributed by atoms with E-state index in [9.17, 15) is 0 Å². The molecule has 0 unspecified atom stereocenters. The first-order valence-electron chi connectivity index (χ1n) is 9.85. The van der Waals surface area contributed by atoms with Crippen LogP contribution in [0.5, 0.6) is 0 Å². The number of allylic oxidation sites excluding steroid dienone is 4. The van der Waals surface area contributed by atoms with Crippen LogP contribution in [0.15, 0.2) is 72.4 Å². The third-order valence-corrected chi connectivity index (χ3v) is 4.58. The van der Waals surface area contributed by atoms with E-state index in [1.54, 1.807) is 0 Å². The quantitative estimate of drug-likeness (QED) is 0.603. The van der Waals surface area contributed by atoms with Crippen molar-refractivity contribution >= 4 is 11.3 Å². The molecule has 1 aliphatic carbocycles. The van der Waals surface area contributed by atoms with Gasteiger partial charge in [-0.25, -0.2) is 0 Å². The molecule has 0 saturated carbocycles. The Hall–Kier alpha value is -2.28. The maximum Gasteiger partial charge on any atom is 0.0381 e. The lowest BCUT2D eigenvalue weighted by Crippen LogP contribution is -2.10. The zero-order valence-electron chi connectivity index (χ0n) is 17.0. The molecule has 0 aliphatic heterocycles. The second-order valence-electron chi connectivity index (χ2n) is 7.56. The van der Waals surface area contributed by atoms with Gasteiger partial charge in [0.15, 0.2) is 0 Å². The lowest BCUT2D eigenvalue weighted by molar-refractivity contribution is 0.590. The summed E-state index contributed by atoms with van der Waals surface area (Å²) in [6.07, 6.45) is 7.92. The minimum atomic E-state index is 0.202. The van der Waals surface area contributed by atoms with Crippen molar-refractivity contribution in [2.24, 2.45) is 0 Å². The molecule has 0 atom stereocenters. The van der Waals surface area contributed by atoms with Crippen LogP contribution in [0, 0.1) is 0 Å². The number of nitrogens with one attached hydrogen (secondary N) is 1. The van der Waals surface area contributed by atoms with Crippen molar-refractivity contribution in [1.82, 2.24) is 0 Å². The normalized spacial score (nSPS) is 14.3. The number of benzene rings is 2. The zero-order chi connectivity index (χ0) is 19.0. The predicted molar refractivity (Wildman–Crippen MR) is 116 cm³/mol. The van der Waals surface area contributed by atoms with Crippen LogP contribution < -0.4 is 5.32 Å². The highest BCUT2D eigenvalue weighted by atomic mass is 14.9. The average Bonchev–Trinajstić information content (AvgIpc) is 2.89. The molecule has 0 radical (unpaired) electrons. The molecule has 138 valence electrons. The second-order valence-corrected chi connectivity index (χ2v) is 7.56. The first-order chi connectivity index (χ1) is 12.5. The molecule has 0 fully saturated rings. The van der Waals surface area contributed by atoms with E-state index in [-0.39, 0.29) is 5.41 Å². The molecule has 1 N–H and O–H groups in total. The van der Waals surface area contributed by atoms with Gasteiger partial charge in [-0.05, 0) is 59.6 Å². The Morgan fingerprint density at radius 2 is 1.42 bits per heavy atom. The maximum absolute atomic E-state index is 3.59. The molecule has 0 heterocycles. The Morgan fingerprint density at radius 3 is 2.04 bits per heavy atom. The molecule has 0 amide bonds. The fourth-order valence-corrected chi connectivity index (χ4v) is 3.07. The average molecular weight is 348 g/mol. The molecule has 0 bridgehead atoms. The number of rotatable bonds is 3. The van der Waals surface area contributed by atoms with Gasteiger partial charge in [0, 0.05) is 11.4 Å². The van der Waals surface area contributed by atoms with Gasteiger partial charge in [0.25, 0.3) is 0 Å². The number of hydrogen-bond donors (Lipinski definition) is 1. The van der Waals surface area contributed by atoms with Gasteiger partial charge in [-0.3, -0.25) is 0 Å². The topological polar surface area (TPSA) is 12.0 Å². The van der Waals surface area contributed by atoms with Gasteiger partial charge < -0.3 is 5.32 Å². The lowest BCUT2D eigenvalue weighted by Gasteiger charge is -2.19. The summed E-state index contributed by atoms with van der Waals surface area (Å²) >= 11 is 0. The lowest BCUT2D eigenvalue weighted by atomic mass is 9.87. The second kappa shape index (κ2) is 9.43. The van der Waals surface area contributed by atoms with Crippen molar-refractivity contribution < 1.29 is 0 Å². The van der Waals surface area contributed by atoms with Crippen LogP contribution in [0.25, 0.3) is 5.57 Å². The Bertz CT molecular complexity index is 728. The predicted octanol–water partition coefficient (Wildman–Crippen LogP) is 7.57. The van der Waals surface area contributed by atoms with Gasteiger partial charge in [-0.15, -0.1) is 0 Å². The van der Waals surface area contributed by atoms with Crippen molar-refractivity contribution in [2.75, 3.05) is 5.32 Å². The molecular weight excluding hydrogens is 314 g/mol. The minimum Gasteiger partial charge on any atom is -0.359 e. The van der Waals surface area contributed by atoms with Crippen molar-refractivity contribution in [3.63, 3.8) is 0 Å². The summed E-state index contributed by atoms with van der Waals surface area (Å²) in [7, 11) is 0. The number of hydrogen-bond acceptors (Lipinski definition) is 1. The summed E-state index contributed by atoms with van der Waals surface area (Å²) in [4.78, 5) is 0. The Kier molecular flexibility index (Phi) is 7.26. The third kappa shape index (κ3) is 5.62. The highest BCUT2D eigenvalue weighted by molar-refractivity contribution is 5.68. The maximum atomic E-state index is 3.59. The van der Waals surface area contributed by atoms with Crippen LogP contribution in [0.1, 0.15) is 65.0 Å². The molecule has 26 heavy (non-hydrogen) atoms. The standard InChI is InChI=1S/C23H27N.C2H6/c1-23(2,3)20-13-16-22(17-14-20)24-21-11-7-10-19(12-15-21)18-8-5-4-6-9-18;1-2/h4-6,8-9,12-17,24H,7,10-11H2,1-3H3;1-2H3. The minimum absolute atomic E-state index is 0.202. The van der Waals surface area contributed by atoms with Crippen LogP contribution in [-0.2, 0) is 5.41 Å². The van der Waals surface area contributed by atoms with E-state index in [0.29, 0.717) is 0 Å². The fraction of sp³-hybridized carbons (Fsp3) is 0.360. The summed E-state index contributed by atoms with van der Waals surface area (Å²) in [5.41, 5.74) is 6.80. The van der Waals surface area contributed by atoms with Gasteiger partial charge in [0.2, 0.25) is 0 Å². The zero-order valence-corrected chi connectivity index (χ0v) is 17.0. The Balaban J connectivity index is 0.00000117. The smallest absolute Gasteiger partial charge is 0.0381 e. The SMILES string of the molecule is CC.CC(C)(C)c1ccc(NC2=CC=C(c3ccccc3)CCC2)cc1. The third-order valence-electron chi connectivity index (χ3n) is 4.58. The van der Waals surface area contributed by atoms with Crippen LogP contribution in [0.3, 0.4) is 0 Å². The molecule has 1 heteroatoms. The largest absolute Gasteiger partial charge is 0.359 e. The summed E-state index contributed by atoms with van der Waals surface area (Å²) in [5.74, 6) is 0. The molecule has 3 rings (SSSR count). The molecule has 1 aliphatic rings. The van der Waals surface area contributed by atoms with E-state index in [4.69, 9.17) is 0 Å². The van der Waals surface area contributed by atoms with Crippen molar-refractivity contribution in [3.05, 3.63) is 83.6 Å². The Labute approximate surface area is 159 Å². The van der Waals surface area contributed by atoms with Gasteiger partial charge >= 0.3 is 0 Å². The van der Waals surface area contributed by atoms with E-state index in [1.165, 1.54) is 34.5 Å². The van der Waals surface area contributed by atoms with Crippen molar-refractivity contribution in [1.29, 1.82) is 0 Å². The van der Waals surface area contributed by atoms with Crippen LogP contribution >= 0.6 is 0 Å². The van der Waals surface area contributed by atoms with E-state index in [1.807, 2.05) is 13.8 Å². The van der Waals surface area contributed by atoms with E-state index < -0.39 is 0 Å². The van der Waals surface area contributed by atoms with Gasteiger partial charge in [-0.1, -0.05) is 83.2 Å². The van der Waals surface area contributed by atoms with E-state index >= 15 is 0 Å². The summed E-state index contributed by atoms with van der Waals surface area (Å²) in [5, 5.41) is 3.59. The Morgan fingerprint density at radius 1 is 0.769 bits per heavy atom. The van der Waals surface area contributed by atoms with Crippen LogP contribution in [-0.4, -0.2) is 0 Å². The number of anilines is 1. The van der Waals surface area contributed by atoms with Crippen LogP contribution in [0.4, 0.5) is 5.69 Å².